The van der Waals surface area contributed by atoms with Crippen LogP contribution in [0.1, 0.15) is 12.1 Å². The van der Waals surface area contributed by atoms with E-state index in [1.165, 1.54) is 0 Å². The van der Waals surface area contributed by atoms with Crippen LogP contribution in [-0.4, -0.2) is 49.0 Å². The lowest BCUT2D eigenvalue weighted by Crippen LogP contribution is -2.44. The number of halogens is 1. The Labute approximate surface area is 159 Å². The lowest BCUT2D eigenvalue weighted by atomic mass is 10.2. The molecule has 1 saturated heterocycles. The minimum absolute atomic E-state index is 0.302. The van der Waals surface area contributed by atoms with Gasteiger partial charge < -0.3 is 20.3 Å². The van der Waals surface area contributed by atoms with Gasteiger partial charge in [-0.1, -0.05) is 11.6 Å². The van der Waals surface area contributed by atoms with Crippen LogP contribution in [0.4, 0.5) is 5.69 Å². The van der Waals surface area contributed by atoms with Gasteiger partial charge >= 0.3 is 0 Å². The largest absolute Gasteiger partial charge is 0.495 e. The van der Waals surface area contributed by atoms with Gasteiger partial charge in [0.05, 0.1) is 25.0 Å². The molecule has 0 spiro atoms. The highest BCUT2D eigenvalue weighted by atomic mass is 35.5. The van der Waals surface area contributed by atoms with E-state index in [1.54, 1.807) is 20.4 Å². The lowest BCUT2D eigenvalue weighted by molar-refractivity contribution is 0.415. The van der Waals surface area contributed by atoms with Crippen LogP contribution in [0, 0.1) is 0 Å². The number of aliphatic imine (C=N–C) groups is 1. The van der Waals surface area contributed by atoms with Crippen LogP contribution >= 0.6 is 11.6 Å². The van der Waals surface area contributed by atoms with Gasteiger partial charge in [-0.3, -0.25) is 9.67 Å². The fraction of sp³-hybridized carbons (Fsp3) is 0.444. The molecule has 0 radical (unpaired) electrons. The molecule has 1 unspecified atom stereocenters. The second-order valence-corrected chi connectivity index (χ2v) is 6.70. The van der Waals surface area contributed by atoms with Gasteiger partial charge in [0.2, 0.25) is 0 Å². The normalized spacial score (nSPS) is 17.5. The summed E-state index contributed by atoms with van der Waals surface area (Å²) >= 11 is 6.16. The molecule has 140 valence electrons. The second kappa shape index (κ2) is 8.31. The molecule has 7 nitrogen and oxygen atoms in total. The second-order valence-electron chi connectivity index (χ2n) is 6.26. The van der Waals surface area contributed by atoms with Gasteiger partial charge in [0.25, 0.3) is 0 Å². The van der Waals surface area contributed by atoms with E-state index in [-0.39, 0.29) is 0 Å². The number of guanidine groups is 1. The number of hydrogen-bond acceptors (Lipinski definition) is 4. The standard InChI is InChI=1S/C18H25ClN6O/c1-20-18(21-11-15-6-8-22-24(15)2)23-14-7-9-25(12-14)16-10-13(19)4-5-17(16)26-3/h4-6,8,10,14H,7,9,11-12H2,1-3H3,(H2,20,21,23). The lowest BCUT2D eigenvalue weighted by Gasteiger charge is -2.22. The van der Waals surface area contributed by atoms with Gasteiger partial charge in [0, 0.05) is 44.4 Å². The predicted molar refractivity (Wildman–Crippen MR) is 105 cm³/mol. The molecule has 1 aliphatic heterocycles. The molecule has 8 heteroatoms. The van der Waals surface area contributed by atoms with E-state index in [9.17, 15) is 0 Å². The number of ether oxygens (including phenoxy) is 1. The molecule has 0 bridgehead atoms. The van der Waals surface area contributed by atoms with E-state index in [1.807, 2.05) is 36.0 Å². The number of aromatic nitrogens is 2. The molecule has 2 aromatic rings. The average Bonchev–Trinajstić information content (AvgIpc) is 3.27. The maximum absolute atomic E-state index is 6.16. The van der Waals surface area contributed by atoms with Crippen LogP contribution in [0.3, 0.4) is 0 Å². The van der Waals surface area contributed by atoms with Crippen LogP contribution in [0.5, 0.6) is 5.75 Å². The van der Waals surface area contributed by atoms with Crippen LogP contribution in [0.25, 0.3) is 0 Å². The summed E-state index contributed by atoms with van der Waals surface area (Å²) in [4.78, 5) is 6.62. The fourth-order valence-electron chi connectivity index (χ4n) is 3.14. The van der Waals surface area contributed by atoms with Crippen molar-refractivity contribution in [3.8, 4) is 5.75 Å². The monoisotopic (exact) mass is 376 g/mol. The summed E-state index contributed by atoms with van der Waals surface area (Å²) in [5.41, 5.74) is 2.13. The Hall–Kier alpha value is -2.41. The van der Waals surface area contributed by atoms with Gasteiger partial charge in [-0.05, 0) is 30.7 Å². The predicted octanol–water partition coefficient (Wildman–Crippen LogP) is 2.03. The van der Waals surface area contributed by atoms with Crippen molar-refractivity contribution in [1.82, 2.24) is 20.4 Å². The van der Waals surface area contributed by atoms with Gasteiger partial charge in [-0.15, -0.1) is 0 Å². The molecule has 2 heterocycles. The highest BCUT2D eigenvalue weighted by Crippen LogP contribution is 2.33. The first-order valence-corrected chi connectivity index (χ1v) is 9.01. The molecular weight excluding hydrogens is 352 g/mol. The van der Waals surface area contributed by atoms with Gasteiger partial charge in [0.15, 0.2) is 5.96 Å². The summed E-state index contributed by atoms with van der Waals surface area (Å²) in [6.07, 6.45) is 2.81. The Bertz CT molecular complexity index is 775. The highest BCUT2D eigenvalue weighted by molar-refractivity contribution is 6.30. The van der Waals surface area contributed by atoms with Crippen molar-refractivity contribution in [3.05, 3.63) is 41.2 Å². The van der Waals surface area contributed by atoms with Crippen molar-refractivity contribution in [3.63, 3.8) is 0 Å². The third-order valence-corrected chi connectivity index (χ3v) is 4.83. The Balaban J connectivity index is 1.58. The summed E-state index contributed by atoms with van der Waals surface area (Å²) < 4.78 is 7.33. The van der Waals surface area contributed by atoms with E-state index in [0.29, 0.717) is 17.6 Å². The number of benzene rings is 1. The average molecular weight is 377 g/mol. The SMILES string of the molecule is CN=C(NCc1ccnn1C)NC1CCN(c2cc(Cl)ccc2OC)C1. The molecule has 1 aromatic carbocycles. The number of anilines is 1. The zero-order chi connectivity index (χ0) is 18.5. The zero-order valence-electron chi connectivity index (χ0n) is 15.4. The minimum atomic E-state index is 0.302. The van der Waals surface area contributed by atoms with Crippen LogP contribution in [0.15, 0.2) is 35.5 Å². The molecule has 3 rings (SSSR count). The van der Waals surface area contributed by atoms with E-state index in [0.717, 1.165) is 42.6 Å². The molecule has 0 saturated carbocycles. The number of rotatable bonds is 5. The Kier molecular flexibility index (Phi) is 5.88. The van der Waals surface area contributed by atoms with Crippen molar-refractivity contribution >= 4 is 23.2 Å². The molecule has 1 atom stereocenters. The fourth-order valence-corrected chi connectivity index (χ4v) is 3.31. The Morgan fingerprint density at radius 1 is 1.42 bits per heavy atom. The molecule has 1 fully saturated rings. The van der Waals surface area contributed by atoms with Crippen LogP contribution in [-0.2, 0) is 13.6 Å². The summed E-state index contributed by atoms with van der Waals surface area (Å²) in [7, 11) is 5.40. The summed E-state index contributed by atoms with van der Waals surface area (Å²) in [5.74, 6) is 1.63. The molecule has 1 aliphatic rings. The topological polar surface area (TPSA) is 66.7 Å². The van der Waals surface area contributed by atoms with Gasteiger partial charge in [0.1, 0.15) is 5.75 Å². The van der Waals surface area contributed by atoms with Crippen molar-refractivity contribution in [2.45, 2.75) is 19.0 Å². The summed E-state index contributed by atoms with van der Waals surface area (Å²) in [6.45, 7) is 2.48. The third kappa shape index (κ3) is 4.22. The summed E-state index contributed by atoms with van der Waals surface area (Å²) in [5, 5.41) is 11.7. The first kappa shape index (κ1) is 18.4. The van der Waals surface area contributed by atoms with E-state index < -0.39 is 0 Å². The highest BCUT2D eigenvalue weighted by Gasteiger charge is 2.25. The van der Waals surface area contributed by atoms with E-state index in [4.69, 9.17) is 16.3 Å². The summed E-state index contributed by atoms with van der Waals surface area (Å²) in [6, 6.07) is 8.00. The maximum atomic E-state index is 6.16. The van der Waals surface area contributed by atoms with E-state index >= 15 is 0 Å². The number of hydrogen-bond donors (Lipinski definition) is 2. The van der Waals surface area contributed by atoms with Crippen molar-refractivity contribution in [2.24, 2.45) is 12.0 Å². The van der Waals surface area contributed by atoms with Gasteiger partial charge in [-0.2, -0.15) is 5.10 Å². The van der Waals surface area contributed by atoms with Crippen molar-refractivity contribution < 1.29 is 4.74 Å². The van der Waals surface area contributed by atoms with Crippen LogP contribution < -0.4 is 20.3 Å². The number of nitrogens with zero attached hydrogens (tertiary/aromatic N) is 4. The molecule has 0 aliphatic carbocycles. The molecule has 26 heavy (non-hydrogen) atoms. The first-order valence-electron chi connectivity index (χ1n) is 8.63. The third-order valence-electron chi connectivity index (χ3n) is 4.59. The smallest absolute Gasteiger partial charge is 0.191 e. The van der Waals surface area contributed by atoms with Crippen LogP contribution in [0.2, 0.25) is 5.02 Å². The molecule has 0 amide bonds. The number of nitrogens with one attached hydrogen (secondary N) is 2. The number of aryl methyl sites for hydroxylation is 1. The van der Waals surface area contributed by atoms with Gasteiger partial charge in [-0.25, -0.2) is 0 Å². The molecule has 1 aromatic heterocycles. The zero-order valence-corrected chi connectivity index (χ0v) is 16.1. The first-order chi connectivity index (χ1) is 12.6. The Morgan fingerprint density at radius 3 is 2.96 bits per heavy atom. The van der Waals surface area contributed by atoms with E-state index in [2.05, 4.69) is 25.6 Å². The number of methoxy groups -OCH3 is 1. The quantitative estimate of drug-likeness (QED) is 0.617. The molecule has 2 N–H and O–H groups in total. The minimum Gasteiger partial charge on any atom is -0.495 e. The molecular formula is C18H25ClN6O. The van der Waals surface area contributed by atoms with Crippen molar-refractivity contribution in [1.29, 1.82) is 0 Å². The van der Waals surface area contributed by atoms with Crippen molar-refractivity contribution in [2.75, 3.05) is 32.1 Å². The maximum Gasteiger partial charge on any atom is 0.191 e. The Morgan fingerprint density at radius 2 is 2.27 bits per heavy atom.